The van der Waals surface area contributed by atoms with E-state index in [0.29, 0.717) is 12.8 Å². The molecule has 0 aromatic rings. The highest BCUT2D eigenvalue weighted by molar-refractivity contribution is 7.70. The molecule has 7 nitrogen and oxygen atoms in total. The Kier molecular flexibility index (Phi) is 4.51. The van der Waals surface area contributed by atoms with Crippen molar-refractivity contribution in [2.24, 2.45) is 0 Å². The molecule has 4 N–H and O–H groups in total. The van der Waals surface area contributed by atoms with Crippen molar-refractivity contribution >= 4 is 26.8 Å². The zero-order valence-electron chi connectivity index (χ0n) is 9.23. The molecule has 1 saturated heterocycles. The van der Waals surface area contributed by atoms with Crippen LogP contribution in [-0.4, -0.2) is 48.0 Å². The van der Waals surface area contributed by atoms with Crippen LogP contribution in [0.3, 0.4) is 0 Å². The predicted octanol–water partition coefficient (Wildman–Crippen LogP) is 0.719. The largest absolute Gasteiger partial charge is 0.354 e. The van der Waals surface area contributed by atoms with Gasteiger partial charge in [-0.15, -0.1) is 11.6 Å². The van der Waals surface area contributed by atoms with Gasteiger partial charge < -0.3 is 19.6 Å². The molecule has 10 heteroatoms. The van der Waals surface area contributed by atoms with E-state index in [1.165, 1.54) is 0 Å². The number of rotatable bonds is 3. The Hall–Kier alpha value is 0.550. The molecule has 0 aromatic heterocycles. The van der Waals surface area contributed by atoms with Crippen LogP contribution in [0.25, 0.3) is 0 Å². The molecule has 1 rings (SSSR count). The Morgan fingerprint density at radius 1 is 1.12 bits per heavy atom. The summed E-state index contributed by atoms with van der Waals surface area (Å²) in [6.07, 6.45) is 0.843. The van der Waals surface area contributed by atoms with E-state index in [1.54, 1.807) is 6.92 Å². The maximum atomic E-state index is 11.2. The highest BCUT2D eigenvalue weighted by Gasteiger charge is 2.49. The first kappa shape index (κ1) is 15.6. The van der Waals surface area contributed by atoms with Crippen LogP contribution in [0.2, 0.25) is 0 Å². The van der Waals surface area contributed by atoms with Crippen LogP contribution in [0, 0.1) is 0 Å². The average molecular weight is 308 g/mol. The highest BCUT2D eigenvalue weighted by atomic mass is 35.5. The first-order valence-corrected chi connectivity index (χ1v) is 8.71. The van der Waals surface area contributed by atoms with Gasteiger partial charge in [-0.3, -0.25) is 14.0 Å². The summed E-state index contributed by atoms with van der Waals surface area (Å²) in [6, 6.07) is 0. The van der Waals surface area contributed by atoms with Crippen molar-refractivity contribution in [2.45, 2.75) is 30.2 Å². The van der Waals surface area contributed by atoms with E-state index in [0.717, 1.165) is 4.90 Å². The molecule has 0 amide bonds. The summed E-state index contributed by atoms with van der Waals surface area (Å²) >= 11 is 6.06. The van der Waals surface area contributed by atoms with Gasteiger partial charge in [-0.05, 0) is 19.8 Å². The zero-order chi connectivity index (χ0) is 13.5. The van der Waals surface area contributed by atoms with Gasteiger partial charge in [-0.25, -0.2) is 0 Å². The van der Waals surface area contributed by atoms with Crippen LogP contribution >= 0.6 is 26.8 Å². The smallest absolute Gasteiger partial charge is 0.323 e. The van der Waals surface area contributed by atoms with Gasteiger partial charge in [0.05, 0.1) is 0 Å². The molecular formula is C7H16ClNO6P2. The van der Waals surface area contributed by atoms with Crippen molar-refractivity contribution in [3.8, 4) is 0 Å². The van der Waals surface area contributed by atoms with Crippen LogP contribution in [0.15, 0.2) is 0 Å². The highest BCUT2D eigenvalue weighted by Crippen LogP contribution is 2.61. The summed E-state index contributed by atoms with van der Waals surface area (Å²) < 4.78 is 22.3. The fraction of sp³-hybridized carbons (Fsp3) is 1.00. The first-order valence-electron chi connectivity index (χ1n) is 4.97. The van der Waals surface area contributed by atoms with Gasteiger partial charge in [-0.2, -0.15) is 0 Å². The monoisotopic (exact) mass is 307 g/mol. The number of alkyl halides is 1. The Morgan fingerprint density at radius 2 is 1.47 bits per heavy atom. The SMILES string of the molecule is CC1(Cl)CCN(C(P(=O)(O)O)P(=O)(O)O)CC1. The second kappa shape index (κ2) is 4.91. The molecule has 0 atom stereocenters. The summed E-state index contributed by atoms with van der Waals surface area (Å²) in [5, 5.41) is 0. The fourth-order valence-electron chi connectivity index (χ4n) is 1.84. The average Bonchev–Trinajstić information content (AvgIpc) is 2.03. The van der Waals surface area contributed by atoms with E-state index in [1.807, 2.05) is 0 Å². The topological polar surface area (TPSA) is 118 Å². The van der Waals surface area contributed by atoms with E-state index in [9.17, 15) is 9.13 Å². The molecule has 1 aliphatic rings. The first-order chi connectivity index (χ1) is 7.43. The molecule has 0 aromatic carbocycles. The van der Waals surface area contributed by atoms with Crippen LogP contribution in [-0.2, 0) is 9.13 Å². The molecule has 0 radical (unpaired) electrons. The molecular weight excluding hydrogens is 291 g/mol. The summed E-state index contributed by atoms with van der Waals surface area (Å²) in [6.45, 7) is 2.09. The Labute approximate surface area is 104 Å². The molecule has 1 aliphatic heterocycles. The van der Waals surface area contributed by atoms with Crippen molar-refractivity contribution < 1.29 is 28.7 Å². The zero-order valence-corrected chi connectivity index (χ0v) is 11.8. The third kappa shape index (κ3) is 4.30. The predicted molar refractivity (Wildman–Crippen MR) is 62.9 cm³/mol. The number of likely N-dealkylation sites (tertiary alicyclic amines) is 1. The normalized spacial score (nSPS) is 23.0. The van der Waals surface area contributed by atoms with Gasteiger partial charge in [-0.1, -0.05) is 0 Å². The molecule has 0 aliphatic carbocycles. The van der Waals surface area contributed by atoms with E-state index < -0.39 is 25.6 Å². The molecule has 1 fully saturated rings. The van der Waals surface area contributed by atoms with Gasteiger partial charge in [0.1, 0.15) is 0 Å². The Balaban J connectivity index is 2.89. The van der Waals surface area contributed by atoms with E-state index >= 15 is 0 Å². The molecule has 102 valence electrons. The molecule has 0 spiro atoms. The summed E-state index contributed by atoms with van der Waals surface area (Å²) in [7, 11) is -9.78. The van der Waals surface area contributed by atoms with Gasteiger partial charge in [0, 0.05) is 18.0 Å². The van der Waals surface area contributed by atoms with E-state index in [4.69, 9.17) is 31.2 Å². The van der Waals surface area contributed by atoms with Crippen LogP contribution < -0.4 is 0 Å². The summed E-state index contributed by atoms with van der Waals surface area (Å²) in [4.78, 5) is 36.8. The third-order valence-electron chi connectivity index (χ3n) is 2.77. The lowest BCUT2D eigenvalue weighted by Gasteiger charge is -2.39. The van der Waals surface area contributed by atoms with E-state index in [-0.39, 0.29) is 13.1 Å². The van der Waals surface area contributed by atoms with Gasteiger partial charge >= 0.3 is 15.2 Å². The van der Waals surface area contributed by atoms with Crippen LogP contribution in [0.4, 0.5) is 0 Å². The standard InChI is InChI=1S/C7H16ClNO6P2/c1-7(8)2-4-9(5-3-7)6(16(10,11)12)17(13,14)15/h6H,2-5H2,1H3,(H2,10,11,12)(H2,13,14,15). The van der Waals surface area contributed by atoms with Gasteiger partial charge in [0.25, 0.3) is 0 Å². The quantitative estimate of drug-likeness (QED) is 0.448. The molecule has 0 unspecified atom stereocenters. The Bertz CT molecular complexity index is 345. The molecule has 1 heterocycles. The minimum absolute atomic E-state index is 0.154. The number of piperidine rings is 1. The second-order valence-corrected chi connectivity index (χ2v) is 9.13. The minimum Gasteiger partial charge on any atom is -0.323 e. The van der Waals surface area contributed by atoms with Crippen molar-refractivity contribution in [1.29, 1.82) is 0 Å². The maximum Gasteiger partial charge on any atom is 0.354 e. The van der Waals surface area contributed by atoms with Gasteiger partial charge in [0.15, 0.2) is 0 Å². The molecule has 17 heavy (non-hydrogen) atoms. The van der Waals surface area contributed by atoms with Crippen molar-refractivity contribution in [3.63, 3.8) is 0 Å². The lowest BCUT2D eigenvalue weighted by atomic mass is 9.99. The minimum atomic E-state index is -4.89. The number of hydrogen-bond acceptors (Lipinski definition) is 3. The van der Waals surface area contributed by atoms with Crippen molar-refractivity contribution in [3.05, 3.63) is 0 Å². The fourth-order valence-corrected chi connectivity index (χ4v) is 4.89. The number of halogens is 1. The second-order valence-electron chi connectivity index (χ2n) is 4.47. The maximum absolute atomic E-state index is 11.2. The van der Waals surface area contributed by atoms with Gasteiger partial charge in [0.2, 0.25) is 5.52 Å². The van der Waals surface area contributed by atoms with E-state index in [2.05, 4.69) is 0 Å². The molecule has 0 bridgehead atoms. The summed E-state index contributed by atoms with van der Waals surface area (Å²) in [5.74, 6) is 0. The van der Waals surface area contributed by atoms with Crippen LogP contribution in [0.1, 0.15) is 19.8 Å². The van der Waals surface area contributed by atoms with Crippen LogP contribution in [0.5, 0.6) is 0 Å². The van der Waals surface area contributed by atoms with Crippen molar-refractivity contribution in [1.82, 2.24) is 4.90 Å². The Morgan fingerprint density at radius 3 is 1.76 bits per heavy atom. The number of hydrogen-bond donors (Lipinski definition) is 4. The molecule has 0 saturated carbocycles. The lowest BCUT2D eigenvalue weighted by molar-refractivity contribution is 0.179. The third-order valence-corrected chi connectivity index (χ3v) is 6.81. The summed E-state index contributed by atoms with van der Waals surface area (Å²) in [5.41, 5.74) is -2.05. The lowest BCUT2D eigenvalue weighted by Crippen LogP contribution is -2.44. The van der Waals surface area contributed by atoms with Crippen molar-refractivity contribution in [2.75, 3.05) is 13.1 Å². The number of nitrogens with zero attached hydrogens (tertiary/aromatic N) is 1.